The molecule has 0 saturated heterocycles. The molecular weight excluding hydrogens is 248 g/mol. The van der Waals surface area contributed by atoms with E-state index in [1.165, 1.54) is 11.3 Å². The lowest BCUT2D eigenvalue weighted by Gasteiger charge is -2.35. The molecule has 2 aromatic rings. The Morgan fingerprint density at radius 3 is 2.95 bits per heavy atom. The van der Waals surface area contributed by atoms with E-state index in [4.69, 9.17) is 5.73 Å². The highest BCUT2D eigenvalue weighted by atomic mass is 15.1. The van der Waals surface area contributed by atoms with Gasteiger partial charge in [0.05, 0.1) is 6.33 Å². The first-order valence-corrected chi connectivity index (χ1v) is 7.37. The summed E-state index contributed by atoms with van der Waals surface area (Å²) in [6.45, 7) is 7.82. The average Bonchev–Trinajstić information content (AvgIpc) is 2.96. The average molecular weight is 272 g/mol. The first-order valence-electron chi connectivity index (χ1n) is 7.37. The van der Waals surface area contributed by atoms with Crippen molar-refractivity contribution in [1.29, 1.82) is 0 Å². The van der Waals surface area contributed by atoms with Crippen LogP contribution in [0.3, 0.4) is 0 Å². The molecule has 0 fully saturated rings. The van der Waals surface area contributed by atoms with Gasteiger partial charge in [-0.2, -0.15) is 0 Å². The highest BCUT2D eigenvalue weighted by Crippen LogP contribution is 2.40. The topological polar surface area (TPSA) is 48.8 Å². The summed E-state index contributed by atoms with van der Waals surface area (Å²) >= 11 is 0. The molecule has 2 aromatic heterocycles. The molecule has 4 heteroatoms. The zero-order valence-corrected chi connectivity index (χ0v) is 12.6. The van der Waals surface area contributed by atoms with Crippen LogP contribution in [0.5, 0.6) is 0 Å². The summed E-state index contributed by atoms with van der Waals surface area (Å²) in [7, 11) is 0. The lowest BCUT2D eigenvalue weighted by atomic mass is 9.74. The molecule has 0 amide bonds. The van der Waals surface area contributed by atoms with E-state index in [1.807, 2.05) is 18.7 Å². The van der Waals surface area contributed by atoms with Crippen molar-refractivity contribution in [3.05, 3.63) is 42.2 Å². The van der Waals surface area contributed by atoms with E-state index in [0.717, 1.165) is 19.4 Å². The van der Waals surface area contributed by atoms with Crippen LogP contribution in [-0.2, 0) is 13.0 Å². The van der Waals surface area contributed by atoms with Gasteiger partial charge in [0.15, 0.2) is 0 Å². The first kappa shape index (κ1) is 13.4. The van der Waals surface area contributed by atoms with Crippen LogP contribution in [0, 0.1) is 5.41 Å². The SMILES string of the molecule is CC(Cn1ccnc1)n1ccc2c1CC(C)(C)CC2N. The van der Waals surface area contributed by atoms with Crippen LogP contribution in [0.2, 0.25) is 0 Å². The second-order valence-corrected chi connectivity index (χ2v) is 6.89. The molecule has 0 aliphatic heterocycles. The van der Waals surface area contributed by atoms with Gasteiger partial charge in [-0.05, 0) is 36.8 Å². The van der Waals surface area contributed by atoms with E-state index in [-0.39, 0.29) is 11.5 Å². The lowest BCUT2D eigenvalue weighted by Crippen LogP contribution is -2.31. The molecule has 2 heterocycles. The van der Waals surface area contributed by atoms with E-state index in [2.05, 4.69) is 47.2 Å². The van der Waals surface area contributed by atoms with Gasteiger partial charge < -0.3 is 14.9 Å². The van der Waals surface area contributed by atoms with Crippen molar-refractivity contribution < 1.29 is 0 Å². The normalized spacial score (nSPS) is 22.5. The van der Waals surface area contributed by atoms with Gasteiger partial charge in [-0.3, -0.25) is 0 Å². The smallest absolute Gasteiger partial charge is 0.0946 e. The highest BCUT2D eigenvalue weighted by Gasteiger charge is 2.32. The molecule has 2 N–H and O–H groups in total. The molecule has 20 heavy (non-hydrogen) atoms. The van der Waals surface area contributed by atoms with Gasteiger partial charge in [0, 0.05) is 42.9 Å². The Morgan fingerprint density at radius 1 is 1.45 bits per heavy atom. The van der Waals surface area contributed by atoms with Crippen LogP contribution in [0.1, 0.15) is 50.5 Å². The second kappa shape index (κ2) is 4.77. The maximum absolute atomic E-state index is 6.34. The van der Waals surface area contributed by atoms with E-state index in [1.54, 1.807) is 0 Å². The second-order valence-electron chi connectivity index (χ2n) is 6.89. The molecule has 3 rings (SSSR count). The summed E-state index contributed by atoms with van der Waals surface area (Å²) in [6.07, 6.45) is 10.1. The summed E-state index contributed by atoms with van der Waals surface area (Å²) in [5, 5.41) is 0. The summed E-state index contributed by atoms with van der Waals surface area (Å²) in [5.41, 5.74) is 9.38. The van der Waals surface area contributed by atoms with E-state index in [9.17, 15) is 0 Å². The molecule has 0 saturated carbocycles. The van der Waals surface area contributed by atoms with Crippen LogP contribution in [0.15, 0.2) is 31.0 Å². The van der Waals surface area contributed by atoms with Crippen LogP contribution in [-0.4, -0.2) is 14.1 Å². The van der Waals surface area contributed by atoms with Crippen LogP contribution in [0.4, 0.5) is 0 Å². The van der Waals surface area contributed by atoms with Gasteiger partial charge in [0.25, 0.3) is 0 Å². The molecule has 1 aliphatic carbocycles. The molecule has 4 nitrogen and oxygen atoms in total. The monoisotopic (exact) mass is 272 g/mol. The Labute approximate surface area is 120 Å². The molecule has 0 aromatic carbocycles. The molecule has 0 bridgehead atoms. The van der Waals surface area contributed by atoms with Gasteiger partial charge in [-0.15, -0.1) is 0 Å². The lowest BCUT2D eigenvalue weighted by molar-refractivity contribution is 0.270. The molecule has 2 unspecified atom stereocenters. The van der Waals surface area contributed by atoms with Crippen LogP contribution >= 0.6 is 0 Å². The molecule has 108 valence electrons. The minimum atomic E-state index is 0.176. The van der Waals surface area contributed by atoms with Gasteiger partial charge in [0.1, 0.15) is 0 Å². The third-order valence-corrected chi connectivity index (χ3v) is 4.39. The zero-order chi connectivity index (χ0) is 14.3. The fraction of sp³-hybridized carbons (Fsp3) is 0.562. The summed E-state index contributed by atoms with van der Waals surface area (Å²) < 4.78 is 4.53. The van der Waals surface area contributed by atoms with Gasteiger partial charge in [0.2, 0.25) is 0 Å². The predicted molar refractivity (Wildman–Crippen MR) is 80.4 cm³/mol. The number of hydrogen-bond acceptors (Lipinski definition) is 2. The van der Waals surface area contributed by atoms with Crippen molar-refractivity contribution in [3.63, 3.8) is 0 Å². The Balaban J connectivity index is 1.88. The quantitative estimate of drug-likeness (QED) is 0.934. The van der Waals surface area contributed by atoms with Crippen molar-refractivity contribution in [3.8, 4) is 0 Å². The minimum Gasteiger partial charge on any atom is -0.347 e. The molecule has 1 aliphatic rings. The number of hydrogen-bond donors (Lipinski definition) is 1. The highest BCUT2D eigenvalue weighted by molar-refractivity contribution is 5.30. The fourth-order valence-electron chi connectivity index (χ4n) is 3.46. The Bertz CT molecular complexity index is 580. The Hall–Kier alpha value is -1.55. The Kier molecular flexibility index (Phi) is 3.21. The van der Waals surface area contributed by atoms with E-state index in [0.29, 0.717) is 6.04 Å². The summed E-state index contributed by atoms with van der Waals surface area (Å²) in [5.74, 6) is 0. The minimum absolute atomic E-state index is 0.176. The number of nitrogens with zero attached hydrogens (tertiary/aromatic N) is 3. The summed E-state index contributed by atoms with van der Waals surface area (Å²) in [6, 6.07) is 2.80. The number of rotatable bonds is 3. The maximum Gasteiger partial charge on any atom is 0.0946 e. The van der Waals surface area contributed by atoms with Crippen molar-refractivity contribution in [2.45, 2.75) is 52.2 Å². The molecular formula is C16H24N4. The maximum atomic E-state index is 6.34. The van der Waals surface area contributed by atoms with Gasteiger partial charge in [-0.1, -0.05) is 13.8 Å². The van der Waals surface area contributed by atoms with Crippen molar-refractivity contribution in [1.82, 2.24) is 14.1 Å². The predicted octanol–water partition coefficient (Wildman–Crippen LogP) is 2.92. The molecule has 0 radical (unpaired) electrons. The number of fused-ring (bicyclic) bond motifs is 1. The van der Waals surface area contributed by atoms with E-state index < -0.39 is 0 Å². The largest absolute Gasteiger partial charge is 0.347 e. The van der Waals surface area contributed by atoms with Gasteiger partial charge in [-0.25, -0.2) is 4.98 Å². The van der Waals surface area contributed by atoms with Gasteiger partial charge >= 0.3 is 0 Å². The van der Waals surface area contributed by atoms with E-state index >= 15 is 0 Å². The van der Waals surface area contributed by atoms with Crippen molar-refractivity contribution >= 4 is 0 Å². The number of aromatic nitrogens is 3. The van der Waals surface area contributed by atoms with Crippen LogP contribution < -0.4 is 5.73 Å². The zero-order valence-electron chi connectivity index (χ0n) is 12.6. The fourth-order valence-corrected chi connectivity index (χ4v) is 3.46. The number of nitrogens with two attached hydrogens (primary N) is 1. The number of imidazole rings is 1. The Morgan fingerprint density at radius 2 is 2.25 bits per heavy atom. The third-order valence-electron chi connectivity index (χ3n) is 4.39. The van der Waals surface area contributed by atoms with Crippen molar-refractivity contribution in [2.75, 3.05) is 0 Å². The summed E-state index contributed by atoms with van der Waals surface area (Å²) in [4.78, 5) is 4.11. The third kappa shape index (κ3) is 2.40. The molecule has 0 spiro atoms. The first-order chi connectivity index (χ1) is 9.46. The van der Waals surface area contributed by atoms with Crippen LogP contribution in [0.25, 0.3) is 0 Å². The molecule has 2 atom stereocenters. The van der Waals surface area contributed by atoms with Crippen molar-refractivity contribution in [2.24, 2.45) is 11.1 Å². The standard InChI is InChI=1S/C16H24N4/c1-12(10-19-7-5-18-11-19)20-6-4-13-14(17)8-16(2,3)9-15(13)20/h4-7,11-12,14H,8-10,17H2,1-3H3.